The average Bonchev–Trinajstić information content (AvgIpc) is 2.94. The lowest BCUT2D eigenvalue weighted by Crippen LogP contribution is -2.42. The number of dihydropyridines is 1. The molecule has 132 valence electrons. The minimum absolute atomic E-state index is 0.189. The Balaban J connectivity index is 1.43. The molecule has 1 aromatic carbocycles. The van der Waals surface area contributed by atoms with Crippen molar-refractivity contribution in [2.45, 2.75) is 17.8 Å². The minimum atomic E-state index is -0.335. The summed E-state index contributed by atoms with van der Waals surface area (Å²) in [6, 6.07) is 7.67. The Morgan fingerprint density at radius 2 is 2.00 bits per heavy atom. The normalized spacial score (nSPS) is 22.2. The van der Waals surface area contributed by atoms with Crippen LogP contribution in [0.25, 0.3) is 0 Å². The van der Waals surface area contributed by atoms with Gasteiger partial charge in [0.2, 0.25) is 5.91 Å². The summed E-state index contributed by atoms with van der Waals surface area (Å²) in [4.78, 5) is 25.0. The van der Waals surface area contributed by atoms with Crippen molar-refractivity contribution in [3.05, 3.63) is 54.3 Å². The van der Waals surface area contributed by atoms with E-state index in [0.29, 0.717) is 13.0 Å². The van der Waals surface area contributed by atoms with Crippen LogP contribution in [0.15, 0.2) is 48.7 Å². The van der Waals surface area contributed by atoms with Crippen LogP contribution < -0.4 is 15.4 Å². The van der Waals surface area contributed by atoms with Gasteiger partial charge in [0, 0.05) is 6.54 Å². The van der Waals surface area contributed by atoms with Gasteiger partial charge in [0.15, 0.2) is 0 Å². The summed E-state index contributed by atoms with van der Waals surface area (Å²) in [5, 5.41) is 4.96. The van der Waals surface area contributed by atoms with Crippen molar-refractivity contribution < 1.29 is 14.3 Å². The molecular weight excluding hydrogens is 338 g/mol. The number of rotatable bonds is 7. The number of imide groups is 1. The molecular formula is C18H21N3O3S. The van der Waals surface area contributed by atoms with Gasteiger partial charge in [-0.3, -0.25) is 19.8 Å². The lowest BCUT2D eigenvalue weighted by atomic mass is 10.1. The number of hydrogen-bond donors (Lipinski definition) is 2. The number of carbonyl (C=O) groups excluding carboxylic acids is 2. The van der Waals surface area contributed by atoms with Crippen molar-refractivity contribution in [1.29, 1.82) is 0 Å². The van der Waals surface area contributed by atoms with E-state index in [1.54, 1.807) is 0 Å². The predicted octanol–water partition coefficient (Wildman–Crippen LogP) is 1.89. The Kier molecular flexibility index (Phi) is 5.78. The Morgan fingerprint density at radius 3 is 2.64 bits per heavy atom. The Bertz CT molecular complexity index is 687. The second-order valence-electron chi connectivity index (χ2n) is 5.92. The van der Waals surface area contributed by atoms with Crippen molar-refractivity contribution in [3.63, 3.8) is 0 Å². The van der Waals surface area contributed by atoms with E-state index in [4.69, 9.17) is 4.74 Å². The first-order valence-corrected chi connectivity index (χ1v) is 9.02. The van der Waals surface area contributed by atoms with Crippen LogP contribution in [0.2, 0.25) is 0 Å². The van der Waals surface area contributed by atoms with Crippen LogP contribution in [0.4, 0.5) is 4.79 Å². The molecule has 2 aliphatic heterocycles. The maximum Gasteiger partial charge on any atom is 0.286 e. The van der Waals surface area contributed by atoms with Crippen molar-refractivity contribution in [1.82, 2.24) is 15.5 Å². The van der Waals surface area contributed by atoms with Gasteiger partial charge in [0.25, 0.3) is 5.24 Å². The maximum absolute atomic E-state index is 11.6. The summed E-state index contributed by atoms with van der Waals surface area (Å²) in [6.45, 7) is 1.37. The second-order valence-corrected chi connectivity index (χ2v) is 7.09. The van der Waals surface area contributed by atoms with Crippen molar-refractivity contribution in [2.24, 2.45) is 0 Å². The Hall–Kier alpha value is -2.25. The quantitative estimate of drug-likeness (QED) is 0.775. The minimum Gasteiger partial charge on any atom is -0.492 e. The van der Waals surface area contributed by atoms with Crippen LogP contribution in [-0.2, 0) is 11.2 Å². The third-order valence-corrected chi connectivity index (χ3v) is 5.05. The molecule has 1 fully saturated rings. The van der Waals surface area contributed by atoms with Gasteiger partial charge in [-0.2, -0.15) is 0 Å². The zero-order chi connectivity index (χ0) is 17.6. The van der Waals surface area contributed by atoms with Gasteiger partial charge in [-0.25, -0.2) is 0 Å². The zero-order valence-electron chi connectivity index (χ0n) is 14.0. The third kappa shape index (κ3) is 4.87. The van der Waals surface area contributed by atoms with Crippen LogP contribution in [-0.4, -0.2) is 47.7 Å². The monoisotopic (exact) mass is 359 g/mol. The van der Waals surface area contributed by atoms with Gasteiger partial charge in [0.1, 0.15) is 12.4 Å². The molecule has 2 heterocycles. The number of hydrogen-bond acceptors (Lipinski definition) is 6. The number of benzene rings is 1. The van der Waals surface area contributed by atoms with E-state index in [1.165, 1.54) is 0 Å². The molecule has 2 amide bonds. The molecule has 1 unspecified atom stereocenters. The van der Waals surface area contributed by atoms with Crippen LogP contribution >= 0.6 is 11.8 Å². The smallest absolute Gasteiger partial charge is 0.286 e. The van der Waals surface area contributed by atoms with E-state index in [0.717, 1.165) is 29.6 Å². The second kappa shape index (κ2) is 8.22. The molecule has 6 nitrogen and oxygen atoms in total. The number of likely N-dealkylation sites (N-methyl/N-ethyl adjacent to an activating group) is 1. The topological polar surface area (TPSA) is 70.7 Å². The van der Waals surface area contributed by atoms with Gasteiger partial charge in [-0.1, -0.05) is 30.0 Å². The van der Waals surface area contributed by atoms with Crippen molar-refractivity contribution in [2.75, 3.05) is 20.2 Å². The van der Waals surface area contributed by atoms with E-state index in [2.05, 4.69) is 21.6 Å². The summed E-state index contributed by atoms with van der Waals surface area (Å²) in [7, 11) is 2.04. The molecule has 0 bridgehead atoms. The first-order chi connectivity index (χ1) is 12.1. The SMILES string of the molecule is CN(CCOc1ccc(C[C@@H]2SC(=O)NC2=O)cc1)C1C=CC=CN1. The van der Waals surface area contributed by atoms with Crippen molar-refractivity contribution in [3.8, 4) is 5.75 Å². The molecule has 1 saturated heterocycles. The fourth-order valence-electron chi connectivity index (χ4n) is 2.62. The summed E-state index contributed by atoms with van der Waals surface area (Å²) in [5.74, 6) is 0.586. The summed E-state index contributed by atoms with van der Waals surface area (Å²) >= 11 is 1.05. The number of carbonyl (C=O) groups is 2. The van der Waals surface area contributed by atoms with E-state index < -0.39 is 0 Å². The van der Waals surface area contributed by atoms with Gasteiger partial charge >= 0.3 is 0 Å². The zero-order valence-corrected chi connectivity index (χ0v) is 14.8. The lowest BCUT2D eigenvalue weighted by molar-refractivity contribution is -0.118. The van der Waals surface area contributed by atoms with Crippen LogP contribution in [0.3, 0.4) is 0 Å². The Labute approximate surface area is 151 Å². The molecule has 2 N–H and O–H groups in total. The van der Waals surface area contributed by atoms with Crippen molar-refractivity contribution >= 4 is 22.9 Å². The number of nitrogens with zero attached hydrogens (tertiary/aromatic N) is 1. The first-order valence-electron chi connectivity index (χ1n) is 8.15. The van der Waals surface area contributed by atoms with Gasteiger partial charge in [0.05, 0.1) is 11.4 Å². The van der Waals surface area contributed by atoms with E-state index in [-0.39, 0.29) is 22.6 Å². The summed E-state index contributed by atoms with van der Waals surface area (Å²) in [6.07, 6.45) is 8.74. The predicted molar refractivity (Wildman–Crippen MR) is 98.4 cm³/mol. The fourth-order valence-corrected chi connectivity index (χ4v) is 3.48. The molecule has 2 atom stereocenters. The molecule has 3 rings (SSSR count). The largest absolute Gasteiger partial charge is 0.492 e. The van der Waals surface area contributed by atoms with Crippen LogP contribution in [0, 0.1) is 0 Å². The van der Waals surface area contributed by atoms with E-state index in [1.807, 2.05) is 49.7 Å². The highest BCUT2D eigenvalue weighted by Gasteiger charge is 2.31. The van der Waals surface area contributed by atoms with E-state index >= 15 is 0 Å². The molecule has 1 aromatic rings. The number of allylic oxidation sites excluding steroid dienone is 2. The Morgan fingerprint density at radius 1 is 1.20 bits per heavy atom. The number of thioether (sulfide) groups is 1. The first kappa shape index (κ1) is 17.6. The van der Waals surface area contributed by atoms with Crippen LogP contribution in [0.1, 0.15) is 5.56 Å². The van der Waals surface area contributed by atoms with Crippen LogP contribution in [0.5, 0.6) is 5.75 Å². The average molecular weight is 359 g/mol. The van der Waals surface area contributed by atoms with Gasteiger partial charge in [-0.15, -0.1) is 0 Å². The highest BCUT2D eigenvalue weighted by atomic mass is 32.2. The molecule has 0 radical (unpaired) electrons. The molecule has 0 spiro atoms. The maximum atomic E-state index is 11.6. The van der Waals surface area contributed by atoms with Gasteiger partial charge < -0.3 is 10.1 Å². The number of ether oxygens (including phenoxy) is 1. The number of amides is 2. The number of nitrogens with one attached hydrogen (secondary N) is 2. The summed E-state index contributed by atoms with van der Waals surface area (Å²) in [5.41, 5.74) is 1.01. The standard InChI is InChI=1S/C18H21N3O3S/c1-21(16-4-2-3-9-19-16)10-11-24-14-7-5-13(6-8-14)12-15-17(22)20-18(23)25-15/h2-9,15-16,19H,10-12H2,1H3,(H,20,22,23)/t15-,16?/m0/s1. The summed E-state index contributed by atoms with van der Waals surface area (Å²) < 4.78 is 5.78. The molecule has 0 aliphatic carbocycles. The fraction of sp³-hybridized carbons (Fsp3) is 0.333. The molecule has 2 aliphatic rings. The molecule has 0 saturated carbocycles. The molecule has 25 heavy (non-hydrogen) atoms. The molecule has 0 aromatic heterocycles. The van der Waals surface area contributed by atoms with Gasteiger partial charge in [-0.05, 0) is 49.5 Å². The molecule has 7 heteroatoms. The third-order valence-electron chi connectivity index (χ3n) is 4.07. The van der Waals surface area contributed by atoms with E-state index in [9.17, 15) is 9.59 Å². The highest BCUT2D eigenvalue weighted by molar-refractivity contribution is 8.15. The lowest BCUT2D eigenvalue weighted by Gasteiger charge is -2.26. The highest BCUT2D eigenvalue weighted by Crippen LogP contribution is 2.23.